The summed E-state index contributed by atoms with van der Waals surface area (Å²) in [5.74, 6) is 0. The molecule has 1 heterocycles. The maximum Gasteiger partial charge on any atom is 0.0671 e. The number of benzene rings is 2. The van der Waals surface area contributed by atoms with Crippen LogP contribution in [0.25, 0.3) is 11.1 Å². The van der Waals surface area contributed by atoms with Gasteiger partial charge >= 0.3 is 0 Å². The minimum absolute atomic E-state index is 0.789. The van der Waals surface area contributed by atoms with E-state index in [-0.39, 0.29) is 0 Å². The lowest BCUT2D eigenvalue weighted by Crippen LogP contribution is -2.01. The van der Waals surface area contributed by atoms with E-state index in [1.165, 1.54) is 33.5 Å². The Bertz CT molecular complexity index is 855. The molecule has 0 saturated heterocycles. The lowest BCUT2D eigenvalue weighted by molar-refractivity contribution is 0.725. The van der Waals surface area contributed by atoms with Gasteiger partial charge in [-0.2, -0.15) is 5.10 Å². The van der Waals surface area contributed by atoms with Crippen LogP contribution >= 0.6 is 0 Å². The van der Waals surface area contributed by atoms with E-state index in [2.05, 4.69) is 54.5 Å². The first-order valence-corrected chi connectivity index (χ1v) is 7.61. The molecule has 1 aliphatic rings. The van der Waals surface area contributed by atoms with Crippen molar-refractivity contribution in [2.45, 2.75) is 19.8 Å². The first kappa shape index (κ1) is 13.1. The van der Waals surface area contributed by atoms with Gasteiger partial charge in [-0.25, -0.2) is 0 Å². The normalized spacial score (nSPS) is 12.3. The van der Waals surface area contributed by atoms with Crippen molar-refractivity contribution in [2.24, 2.45) is 7.05 Å². The number of anilines is 1. The lowest BCUT2D eigenvalue weighted by Gasteiger charge is -2.10. The van der Waals surface area contributed by atoms with Crippen LogP contribution in [0.15, 0.2) is 42.5 Å². The molecule has 1 aromatic heterocycles. The predicted octanol–water partition coefficient (Wildman–Crippen LogP) is 3.47. The van der Waals surface area contributed by atoms with Crippen molar-refractivity contribution in [2.75, 3.05) is 5.73 Å². The van der Waals surface area contributed by atoms with Gasteiger partial charge in [0, 0.05) is 31.3 Å². The van der Waals surface area contributed by atoms with Gasteiger partial charge in [-0.15, -0.1) is 0 Å². The van der Waals surface area contributed by atoms with Crippen LogP contribution in [-0.2, 0) is 19.9 Å². The molecule has 0 bridgehead atoms. The molecule has 22 heavy (non-hydrogen) atoms. The molecule has 0 fully saturated rings. The number of hydrogen-bond donors (Lipinski definition) is 1. The average molecular weight is 289 g/mol. The average Bonchev–Trinajstić information content (AvgIpc) is 3.03. The van der Waals surface area contributed by atoms with E-state index in [1.54, 1.807) is 0 Å². The largest absolute Gasteiger partial charge is 0.398 e. The summed E-state index contributed by atoms with van der Waals surface area (Å²) < 4.78 is 1.91. The van der Waals surface area contributed by atoms with Gasteiger partial charge < -0.3 is 5.73 Å². The molecule has 0 spiro atoms. The smallest absolute Gasteiger partial charge is 0.0671 e. The summed E-state index contributed by atoms with van der Waals surface area (Å²) in [6, 6.07) is 15.1. The van der Waals surface area contributed by atoms with E-state index in [0.717, 1.165) is 24.2 Å². The highest BCUT2D eigenvalue weighted by Crippen LogP contribution is 2.40. The van der Waals surface area contributed by atoms with Crippen LogP contribution in [0.4, 0.5) is 5.69 Å². The van der Waals surface area contributed by atoms with E-state index in [0.29, 0.717) is 0 Å². The molecule has 3 heteroatoms. The Kier molecular flexibility index (Phi) is 2.83. The summed E-state index contributed by atoms with van der Waals surface area (Å²) in [6.45, 7) is 2.07. The van der Waals surface area contributed by atoms with Gasteiger partial charge in [-0.3, -0.25) is 4.68 Å². The summed E-state index contributed by atoms with van der Waals surface area (Å²) in [5.41, 5.74) is 16.1. The molecular weight excluding hydrogens is 270 g/mol. The fourth-order valence-electron chi connectivity index (χ4n) is 3.35. The molecule has 3 nitrogen and oxygen atoms in total. The maximum atomic E-state index is 6.47. The molecule has 110 valence electrons. The van der Waals surface area contributed by atoms with Crippen LogP contribution in [-0.4, -0.2) is 9.78 Å². The summed E-state index contributed by atoms with van der Waals surface area (Å²) in [7, 11) is 1.97. The standard InChI is InChI=1S/C19H19N3/c1-12-9-15(21-22(12)2)10-14-7-8-17-16-6-4-3-5-13(16)11-18(17)19(14)20/h3-9H,10-11,20H2,1-2H3. The molecule has 2 aromatic carbocycles. The molecule has 1 aliphatic carbocycles. The number of rotatable bonds is 2. The van der Waals surface area contributed by atoms with Gasteiger partial charge in [0.2, 0.25) is 0 Å². The van der Waals surface area contributed by atoms with Crippen molar-refractivity contribution in [1.29, 1.82) is 0 Å². The highest BCUT2D eigenvalue weighted by atomic mass is 15.3. The Morgan fingerprint density at radius 2 is 1.95 bits per heavy atom. The van der Waals surface area contributed by atoms with Gasteiger partial charge in [0.25, 0.3) is 0 Å². The van der Waals surface area contributed by atoms with Crippen LogP contribution in [0.3, 0.4) is 0 Å². The van der Waals surface area contributed by atoms with E-state index in [9.17, 15) is 0 Å². The molecule has 4 rings (SSSR count). The van der Waals surface area contributed by atoms with Crippen molar-refractivity contribution in [1.82, 2.24) is 9.78 Å². The fraction of sp³-hybridized carbons (Fsp3) is 0.211. The molecular formula is C19H19N3. The predicted molar refractivity (Wildman–Crippen MR) is 89.8 cm³/mol. The second kappa shape index (κ2) is 4.73. The minimum atomic E-state index is 0.789. The summed E-state index contributed by atoms with van der Waals surface area (Å²) in [4.78, 5) is 0. The molecule has 0 aliphatic heterocycles. The molecule has 0 amide bonds. The van der Waals surface area contributed by atoms with Gasteiger partial charge in [-0.05, 0) is 40.8 Å². The molecule has 3 aromatic rings. The quantitative estimate of drug-likeness (QED) is 0.574. The SMILES string of the molecule is Cc1cc(Cc2ccc3c(c2N)Cc2ccccc2-3)nn1C. The summed E-state index contributed by atoms with van der Waals surface area (Å²) in [5, 5.41) is 4.54. The van der Waals surface area contributed by atoms with Gasteiger partial charge in [0.1, 0.15) is 0 Å². The Hall–Kier alpha value is -2.55. The van der Waals surface area contributed by atoms with Gasteiger partial charge in [0.15, 0.2) is 0 Å². The van der Waals surface area contributed by atoms with Crippen molar-refractivity contribution in [3.8, 4) is 11.1 Å². The third-order valence-corrected chi connectivity index (χ3v) is 4.66. The van der Waals surface area contributed by atoms with Crippen LogP contribution in [0.2, 0.25) is 0 Å². The third kappa shape index (κ3) is 1.93. The molecule has 0 saturated carbocycles. The maximum absolute atomic E-state index is 6.47. The van der Waals surface area contributed by atoms with Crippen molar-refractivity contribution in [3.05, 3.63) is 70.5 Å². The zero-order chi connectivity index (χ0) is 15.3. The Morgan fingerprint density at radius 1 is 1.14 bits per heavy atom. The Balaban J connectivity index is 1.74. The monoisotopic (exact) mass is 289 g/mol. The van der Waals surface area contributed by atoms with E-state index in [1.807, 2.05) is 11.7 Å². The van der Waals surface area contributed by atoms with Crippen LogP contribution in [0, 0.1) is 6.92 Å². The number of nitrogen functional groups attached to an aromatic ring is 1. The van der Waals surface area contributed by atoms with Crippen molar-refractivity contribution < 1.29 is 0 Å². The zero-order valence-corrected chi connectivity index (χ0v) is 12.9. The van der Waals surface area contributed by atoms with Crippen LogP contribution in [0.5, 0.6) is 0 Å². The number of nitrogens with two attached hydrogens (primary N) is 1. The van der Waals surface area contributed by atoms with Crippen molar-refractivity contribution >= 4 is 5.69 Å². The number of aryl methyl sites for hydroxylation is 2. The first-order valence-electron chi connectivity index (χ1n) is 7.61. The lowest BCUT2D eigenvalue weighted by atomic mass is 9.98. The van der Waals surface area contributed by atoms with Crippen LogP contribution in [0.1, 0.15) is 28.1 Å². The Labute approximate surface area is 130 Å². The highest BCUT2D eigenvalue weighted by molar-refractivity contribution is 5.82. The highest BCUT2D eigenvalue weighted by Gasteiger charge is 2.21. The number of fused-ring (bicyclic) bond motifs is 3. The minimum Gasteiger partial charge on any atom is -0.398 e. The van der Waals surface area contributed by atoms with Gasteiger partial charge in [-0.1, -0.05) is 36.4 Å². The second-order valence-electron chi connectivity index (χ2n) is 6.08. The van der Waals surface area contributed by atoms with Crippen LogP contribution < -0.4 is 5.73 Å². The first-order chi connectivity index (χ1) is 10.6. The molecule has 0 unspecified atom stereocenters. The number of aromatic nitrogens is 2. The van der Waals surface area contributed by atoms with E-state index < -0.39 is 0 Å². The third-order valence-electron chi connectivity index (χ3n) is 4.66. The summed E-state index contributed by atoms with van der Waals surface area (Å²) in [6.07, 6.45) is 1.73. The van der Waals surface area contributed by atoms with Gasteiger partial charge in [0.05, 0.1) is 5.69 Å². The number of nitrogens with zero attached hydrogens (tertiary/aromatic N) is 2. The number of hydrogen-bond acceptors (Lipinski definition) is 2. The van der Waals surface area contributed by atoms with E-state index >= 15 is 0 Å². The molecule has 0 radical (unpaired) electrons. The molecule has 0 atom stereocenters. The summed E-state index contributed by atoms with van der Waals surface area (Å²) >= 11 is 0. The van der Waals surface area contributed by atoms with E-state index in [4.69, 9.17) is 5.73 Å². The Morgan fingerprint density at radius 3 is 2.73 bits per heavy atom. The fourth-order valence-corrected chi connectivity index (χ4v) is 3.35. The van der Waals surface area contributed by atoms with Crippen molar-refractivity contribution in [3.63, 3.8) is 0 Å². The zero-order valence-electron chi connectivity index (χ0n) is 12.9. The molecule has 2 N–H and O–H groups in total. The topological polar surface area (TPSA) is 43.8 Å². The second-order valence-corrected chi connectivity index (χ2v) is 6.08.